The van der Waals surface area contributed by atoms with Gasteiger partial charge < -0.3 is 5.32 Å². The summed E-state index contributed by atoms with van der Waals surface area (Å²) in [5, 5.41) is 1.73. The van der Waals surface area contributed by atoms with Gasteiger partial charge in [-0.2, -0.15) is 13.2 Å². The number of pyridine rings is 1. The van der Waals surface area contributed by atoms with Gasteiger partial charge in [-0.05, 0) is 6.07 Å². The summed E-state index contributed by atoms with van der Waals surface area (Å²) in [6, 6.07) is 1.41. The summed E-state index contributed by atoms with van der Waals surface area (Å²) in [6.45, 7) is -1.40. The van der Waals surface area contributed by atoms with Crippen LogP contribution in [0.3, 0.4) is 0 Å². The van der Waals surface area contributed by atoms with Gasteiger partial charge in [-0.15, -0.1) is 0 Å². The number of carbonyl (C=O) groups is 1. The van der Waals surface area contributed by atoms with Gasteiger partial charge in [0.05, 0.1) is 30.2 Å². The van der Waals surface area contributed by atoms with Crippen LogP contribution in [0, 0.1) is 5.82 Å². The van der Waals surface area contributed by atoms with Crippen molar-refractivity contribution in [1.82, 2.24) is 20.3 Å². The van der Waals surface area contributed by atoms with Crippen LogP contribution in [-0.4, -0.2) is 33.6 Å². The normalized spacial score (nSPS) is 11.3. The van der Waals surface area contributed by atoms with Gasteiger partial charge in [-0.3, -0.25) is 19.7 Å². The molecular weight excluding hydrogens is 304 g/mol. The molecule has 2 heterocycles. The minimum Gasteiger partial charge on any atom is -0.347 e. The smallest absolute Gasteiger partial charge is 0.347 e. The zero-order valence-corrected chi connectivity index (χ0v) is 11.1. The molecule has 0 aliphatic heterocycles. The molecule has 0 aliphatic carbocycles. The molecule has 5 nitrogen and oxygen atoms in total. The zero-order valence-electron chi connectivity index (χ0n) is 11.1. The van der Waals surface area contributed by atoms with Crippen molar-refractivity contribution in [2.75, 3.05) is 6.54 Å². The number of amides is 1. The second kappa shape index (κ2) is 6.46. The highest BCUT2D eigenvalue weighted by atomic mass is 19.4. The largest absolute Gasteiger partial charge is 0.405 e. The third-order valence-corrected chi connectivity index (χ3v) is 2.58. The first-order valence-electron chi connectivity index (χ1n) is 6.09. The maximum absolute atomic E-state index is 13.5. The number of aromatic nitrogens is 3. The van der Waals surface area contributed by atoms with Gasteiger partial charge in [0.25, 0.3) is 0 Å². The van der Waals surface area contributed by atoms with E-state index in [9.17, 15) is 22.4 Å². The molecule has 0 saturated carbocycles. The highest BCUT2D eigenvalue weighted by molar-refractivity contribution is 5.78. The fraction of sp³-hybridized carbons (Fsp3) is 0.231. The summed E-state index contributed by atoms with van der Waals surface area (Å²) in [5.41, 5.74) is 0.604. The molecule has 2 aromatic rings. The molecule has 22 heavy (non-hydrogen) atoms. The van der Waals surface area contributed by atoms with Crippen LogP contribution >= 0.6 is 0 Å². The Kier molecular flexibility index (Phi) is 4.64. The van der Waals surface area contributed by atoms with Gasteiger partial charge in [0.15, 0.2) is 5.82 Å². The Morgan fingerprint density at radius 3 is 2.55 bits per heavy atom. The van der Waals surface area contributed by atoms with Crippen molar-refractivity contribution in [3.05, 3.63) is 42.4 Å². The van der Waals surface area contributed by atoms with E-state index >= 15 is 0 Å². The van der Waals surface area contributed by atoms with E-state index in [0.717, 1.165) is 6.20 Å². The van der Waals surface area contributed by atoms with E-state index in [-0.39, 0.29) is 23.4 Å². The molecule has 0 aliphatic rings. The third-order valence-electron chi connectivity index (χ3n) is 2.58. The van der Waals surface area contributed by atoms with Crippen LogP contribution < -0.4 is 5.32 Å². The summed E-state index contributed by atoms with van der Waals surface area (Å²) in [4.78, 5) is 22.7. The Labute approximate surface area is 122 Å². The van der Waals surface area contributed by atoms with Gasteiger partial charge in [0, 0.05) is 18.0 Å². The predicted octanol–water partition coefficient (Wildman–Crippen LogP) is 1.90. The Hall–Kier alpha value is -2.58. The monoisotopic (exact) mass is 314 g/mol. The standard InChI is InChI=1S/C13H10F4N4O/c14-10-5-18-2-1-9(10)11-6-19-8(4-20-11)3-12(22)21-7-13(15,16)17/h1-2,4-6H,3,7H2,(H,21,22). The molecule has 9 heteroatoms. The fourth-order valence-corrected chi connectivity index (χ4v) is 1.59. The highest BCUT2D eigenvalue weighted by Crippen LogP contribution is 2.18. The first-order chi connectivity index (χ1) is 10.3. The molecule has 116 valence electrons. The molecule has 0 spiro atoms. The second-order valence-corrected chi connectivity index (χ2v) is 4.32. The maximum Gasteiger partial charge on any atom is 0.405 e. The van der Waals surface area contributed by atoms with Crippen LogP contribution in [0.5, 0.6) is 0 Å². The van der Waals surface area contributed by atoms with Gasteiger partial charge in [-0.1, -0.05) is 0 Å². The summed E-state index contributed by atoms with van der Waals surface area (Å²) in [5.74, 6) is -1.40. The molecule has 0 aromatic carbocycles. The topological polar surface area (TPSA) is 67.8 Å². The van der Waals surface area contributed by atoms with Gasteiger partial charge in [0.1, 0.15) is 6.54 Å². The Balaban J connectivity index is 2.01. The van der Waals surface area contributed by atoms with Gasteiger partial charge in [-0.25, -0.2) is 4.39 Å². The van der Waals surface area contributed by atoms with E-state index in [2.05, 4.69) is 15.0 Å². The van der Waals surface area contributed by atoms with Gasteiger partial charge in [0.2, 0.25) is 5.91 Å². The predicted molar refractivity (Wildman–Crippen MR) is 68.0 cm³/mol. The minimum atomic E-state index is -4.47. The van der Waals surface area contributed by atoms with Crippen molar-refractivity contribution in [3.8, 4) is 11.3 Å². The van der Waals surface area contributed by atoms with Crippen LogP contribution in [0.4, 0.5) is 17.6 Å². The van der Waals surface area contributed by atoms with Crippen LogP contribution in [0.1, 0.15) is 5.69 Å². The lowest BCUT2D eigenvalue weighted by molar-refractivity contribution is -0.138. The molecule has 1 N–H and O–H groups in total. The Morgan fingerprint density at radius 2 is 1.95 bits per heavy atom. The number of nitrogens with one attached hydrogen (secondary N) is 1. The lowest BCUT2D eigenvalue weighted by Crippen LogP contribution is -2.34. The molecule has 0 atom stereocenters. The van der Waals surface area contributed by atoms with Crippen LogP contribution in [0.2, 0.25) is 0 Å². The van der Waals surface area contributed by atoms with E-state index in [1.54, 1.807) is 5.32 Å². The lowest BCUT2D eigenvalue weighted by atomic mass is 10.2. The maximum atomic E-state index is 13.5. The minimum absolute atomic E-state index is 0.179. The lowest BCUT2D eigenvalue weighted by Gasteiger charge is -2.08. The van der Waals surface area contributed by atoms with Crippen LogP contribution in [0.25, 0.3) is 11.3 Å². The molecule has 2 rings (SSSR count). The summed E-state index contributed by atoms with van der Waals surface area (Å²) < 4.78 is 49.3. The van der Waals surface area contributed by atoms with Crippen LogP contribution in [0.15, 0.2) is 30.9 Å². The van der Waals surface area contributed by atoms with Crippen LogP contribution in [-0.2, 0) is 11.2 Å². The second-order valence-electron chi connectivity index (χ2n) is 4.32. The van der Waals surface area contributed by atoms with Crippen molar-refractivity contribution in [2.24, 2.45) is 0 Å². The third kappa shape index (κ3) is 4.47. The average molecular weight is 314 g/mol. The van der Waals surface area contributed by atoms with Crippen molar-refractivity contribution >= 4 is 5.91 Å². The van der Waals surface area contributed by atoms with Crippen molar-refractivity contribution in [2.45, 2.75) is 12.6 Å². The highest BCUT2D eigenvalue weighted by Gasteiger charge is 2.27. The number of nitrogens with zero attached hydrogens (tertiary/aromatic N) is 3. The molecule has 0 bridgehead atoms. The Bertz CT molecular complexity index is 658. The summed E-state index contributed by atoms with van der Waals surface area (Å²) in [6.07, 6.45) is 0.0491. The molecule has 0 fully saturated rings. The number of halogens is 4. The van der Waals surface area contributed by atoms with E-state index in [1.807, 2.05) is 0 Å². The zero-order chi connectivity index (χ0) is 16.2. The molecule has 0 radical (unpaired) electrons. The number of alkyl halides is 3. The summed E-state index contributed by atoms with van der Waals surface area (Å²) >= 11 is 0. The van der Waals surface area contributed by atoms with E-state index < -0.39 is 24.4 Å². The SMILES string of the molecule is O=C(Cc1cnc(-c2ccncc2F)cn1)NCC(F)(F)F. The number of hydrogen-bond donors (Lipinski definition) is 1. The van der Waals surface area contributed by atoms with Crippen molar-refractivity contribution < 1.29 is 22.4 Å². The fourth-order valence-electron chi connectivity index (χ4n) is 1.59. The first kappa shape index (κ1) is 15.8. The van der Waals surface area contributed by atoms with E-state index in [1.165, 1.54) is 24.7 Å². The molecule has 0 unspecified atom stereocenters. The average Bonchev–Trinajstić information content (AvgIpc) is 2.46. The first-order valence-corrected chi connectivity index (χ1v) is 6.09. The van der Waals surface area contributed by atoms with Gasteiger partial charge >= 0.3 is 6.18 Å². The van der Waals surface area contributed by atoms with E-state index in [0.29, 0.717) is 0 Å². The number of hydrogen-bond acceptors (Lipinski definition) is 4. The molecule has 2 aromatic heterocycles. The number of rotatable bonds is 4. The van der Waals surface area contributed by atoms with Crippen molar-refractivity contribution in [1.29, 1.82) is 0 Å². The molecule has 1 amide bonds. The number of carbonyl (C=O) groups excluding carboxylic acids is 1. The quantitative estimate of drug-likeness (QED) is 0.875. The Morgan fingerprint density at radius 1 is 1.18 bits per heavy atom. The van der Waals surface area contributed by atoms with Crippen molar-refractivity contribution in [3.63, 3.8) is 0 Å². The molecular formula is C13H10F4N4O. The summed E-state index contributed by atoms with van der Waals surface area (Å²) in [7, 11) is 0. The molecule has 0 saturated heterocycles. The van der Waals surface area contributed by atoms with E-state index in [4.69, 9.17) is 0 Å².